The molecule has 2 amide bonds. The van der Waals surface area contributed by atoms with E-state index >= 15 is 0 Å². The van der Waals surface area contributed by atoms with E-state index in [0.29, 0.717) is 44.2 Å². The van der Waals surface area contributed by atoms with Gasteiger partial charge in [-0.25, -0.2) is 4.39 Å². The molecule has 4 rings (SSSR count). The summed E-state index contributed by atoms with van der Waals surface area (Å²) in [5.74, 6) is 2.04. The number of piperazine rings is 1. The van der Waals surface area contributed by atoms with Crippen LogP contribution in [0.4, 0.5) is 10.1 Å². The van der Waals surface area contributed by atoms with Gasteiger partial charge >= 0.3 is 0 Å². The Morgan fingerprint density at radius 1 is 1.11 bits per heavy atom. The molecule has 0 radical (unpaired) electrons. The quantitative estimate of drug-likeness (QED) is 0.863. The third-order valence-corrected chi connectivity index (χ3v) is 6.52. The molecule has 5 nitrogen and oxygen atoms in total. The van der Waals surface area contributed by atoms with Gasteiger partial charge in [0.1, 0.15) is 5.82 Å². The molecule has 2 aliphatic carbocycles. The second-order valence-corrected chi connectivity index (χ2v) is 8.35. The molecule has 2 saturated carbocycles. The average molecular weight is 373 g/mol. The Morgan fingerprint density at radius 2 is 1.93 bits per heavy atom. The zero-order valence-electron chi connectivity index (χ0n) is 15.7. The lowest BCUT2D eigenvalue weighted by Crippen LogP contribution is -2.50. The summed E-state index contributed by atoms with van der Waals surface area (Å²) in [5, 5.41) is 2.73. The highest BCUT2D eigenvalue weighted by atomic mass is 19.1. The van der Waals surface area contributed by atoms with E-state index in [-0.39, 0.29) is 24.2 Å². The van der Waals surface area contributed by atoms with Crippen molar-refractivity contribution in [1.82, 2.24) is 9.80 Å². The van der Waals surface area contributed by atoms with E-state index in [2.05, 4.69) is 10.2 Å². The summed E-state index contributed by atoms with van der Waals surface area (Å²) >= 11 is 0. The van der Waals surface area contributed by atoms with Gasteiger partial charge in [0.15, 0.2) is 0 Å². The number of carbonyl (C=O) groups excluding carboxylic acids is 2. The molecule has 1 saturated heterocycles. The Labute approximate surface area is 159 Å². The topological polar surface area (TPSA) is 52.7 Å². The molecular formula is C21H28FN3O2. The maximum Gasteiger partial charge on any atom is 0.238 e. The summed E-state index contributed by atoms with van der Waals surface area (Å²) < 4.78 is 13.2. The van der Waals surface area contributed by atoms with Crippen LogP contribution < -0.4 is 5.32 Å². The van der Waals surface area contributed by atoms with Crippen LogP contribution in [0.5, 0.6) is 0 Å². The first-order chi connectivity index (χ1) is 13.1. The summed E-state index contributed by atoms with van der Waals surface area (Å²) in [6, 6.07) is 5.91. The predicted molar refractivity (Wildman–Crippen MR) is 102 cm³/mol. The Hall–Kier alpha value is -1.95. The number of amides is 2. The van der Waals surface area contributed by atoms with Crippen LogP contribution in [0.15, 0.2) is 24.3 Å². The maximum atomic E-state index is 13.2. The van der Waals surface area contributed by atoms with Crippen LogP contribution >= 0.6 is 0 Å². The number of fused-ring (bicyclic) bond motifs is 2. The molecule has 3 fully saturated rings. The molecule has 2 bridgehead atoms. The number of hydrogen-bond donors (Lipinski definition) is 1. The monoisotopic (exact) mass is 373 g/mol. The van der Waals surface area contributed by atoms with Gasteiger partial charge in [0.25, 0.3) is 0 Å². The molecule has 1 N–H and O–H groups in total. The average Bonchev–Trinajstić information content (AvgIpc) is 3.25. The van der Waals surface area contributed by atoms with Crippen molar-refractivity contribution in [3.05, 3.63) is 30.1 Å². The van der Waals surface area contributed by atoms with Crippen LogP contribution in [-0.4, -0.2) is 54.3 Å². The number of benzene rings is 1. The fraction of sp³-hybridized carbons (Fsp3) is 0.619. The highest BCUT2D eigenvalue weighted by molar-refractivity contribution is 5.92. The number of rotatable bonds is 5. The maximum absolute atomic E-state index is 13.2. The molecular weight excluding hydrogens is 345 g/mol. The lowest BCUT2D eigenvalue weighted by molar-refractivity contribution is -0.134. The summed E-state index contributed by atoms with van der Waals surface area (Å²) in [6.07, 6.45) is 5.98. The SMILES string of the molecule is O=C(CN1CCN(C(=O)C[C@H]2C[C@@H]3CC[C@@H]2C3)CC1)Nc1cccc(F)c1. The largest absolute Gasteiger partial charge is 0.340 e. The fourth-order valence-electron chi connectivity index (χ4n) is 5.11. The minimum Gasteiger partial charge on any atom is -0.340 e. The first-order valence-corrected chi connectivity index (χ1v) is 10.1. The summed E-state index contributed by atoms with van der Waals surface area (Å²) in [7, 11) is 0. The van der Waals surface area contributed by atoms with Crippen molar-refractivity contribution in [2.75, 3.05) is 38.0 Å². The summed E-state index contributed by atoms with van der Waals surface area (Å²) in [6.45, 7) is 3.06. The van der Waals surface area contributed by atoms with Crippen LogP contribution in [0, 0.1) is 23.6 Å². The highest BCUT2D eigenvalue weighted by Crippen LogP contribution is 2.49. The van der Waals surface area contributed by atoms with Crippen molar-refractivity contribution in [3.63, 3.8) is 0 Å². The molecule has 0 aromatic heterocycles. The van der Waals surface area contributed by atoms with Gasteiger partial charge in [0, 0.05) is 38.3 Å². The second kappa shape index (κ2) is 7.97. The molecule has 6 heteroatoms. The van der Waals surface area contributed by atoms with E-state index in [0.717, 1.165) is 11.8 Å². The molecule has 0 unspecified atom stereocenters. The third kappa shape index (κ3) is 4.49. The molecule has 27 heavy (non-hydrogen) atoms. The smallest absolute Gasteiger partial charge is 0.238 e. The van der Waals surface area contributed by atoms with Crippen molar-refractivity contribution in [1.29, 1.82) is 0 Å². The van der Waals surface area contributed by atoms with Crippen LogP contribution in [-0.2, 0) is 9.59 Å². The van der Waals surface area contributed by atoms with E-state index in [9.17, 15) is 14.0 Å². The first kappa shape index (κ1) is 18.4. The van der Waals surface area contributed by atoms with Gasteiger partial charge in [0.05, 0.1) is 6.54 Å². The number of nitrogens with one attached hydrogen (secondary N) is 1. The number of halogens is 1. The molecule has 1 aromatic rings. The van der Waals surface area contributed by atoms with Crippen LogP contribution in [0.25, 0.3) is 0 Å². The minimum absolute atomic E-state index is 0.151. The minimum atomic E-state index is -0.365. The third-order valence-electron chi connectivity index (χ3n) is 6.52. The molecule has 1 aromatic carbocycles. The Balaban J connectivity index is 1.19. The van der Waals surface area contributed by atoms with Crippen molar-refractivity contribution < 1.29 is 14.0 Å². The second-order valence-electron chi connectivity index (χ2n) is 8.35. The van der Waals surface area contributed by atoms with Gasteiger partial charge in [0.2, 0.25) is 11.8 Å². The zero-order chi connectivity index (χ0) is 18.8. The first-order valence-electron chi connectivity index (χ1n) is 10.1. The van der Waals surface area contributed by atoms with E-state index in [1.165, 1.54) is 37.8 Å². The van der Waals surface area contributed by atoms with Crippen LogP contribution in [0.2, 0.25) is 0 Å². The van der Waals surface area contributed by atoms with Crippen molar-refractivity contribution in [2.24, 2.45) is 17.8 Å². The lowest BCUT2D eigenvalue weighted by Gasteiger charge is -2.35. The highest BCUT2D eigenvalue weighted by Gasteiger charge is 2.40. The van der Waals surface area contributed by atoms with E-state index in [4.69, 9.17) is 0 Å². The van der Waals surface area contributed by atoms with Crippen molar-refractivity contribution in [2.45, 2.75) is 32.1 Å². The Morgan fingerprint density at radius 3 is 2.59 bits per heavy atom. The summed E-state index contributed by atoms with van der Waals surface area (Å²) in [4.78, 5) is 28.8. The van der Waals surface area contributed by atoms with Gasteiger partial charge < -0.3 is 10.2 Å². The number of carbonyl (C=O) groups is 2. The number of nitrogens with zero attached hydrogens (tertiary/aromatic N) is 2. The standard InChI is InChI=1S/C21H28FN3O2/c22-18-2-1-3-19(13-18)23-20(26)14-24-6-8-25(9-7-24)21(27)12-17-11-15-4-5-16(17)10-15/h1-3,13,15-17H,4-12,14H2,(H,23,26)/t15-,16-,17-/m1/s1. The van der Waals surface area contributed by atoms with E-state index < -0.39 is 0 Å². The Kier molecular flexibility index (Phi) is 5.43. The number of anilines is 1. The lowest BCUT2D eigenvalue weighted by atomic mass is 9.86. The van der Waals surface area contributed by atoms with Gasteiger partial charge in [-0.05, 0) is 55.2 Å². The molecule has 0 spiro atoms. The van der Waals surface area contributed by atoms with E-state index in [1.54, 1.807) is 12.1 Å². The fourth-order valence-corrected chi connectivity index (χ4v) is 5.11. The predicted octanol–water partition coefficient (Wildman–Crippen LogP) is 2.73. The van der Waals surface area contributed by atoms with Gasteiger partial charge in [-0.3, -0.25) is 14.5 Å². The molecule has 146 valence electrons. The molecule has 1 heterocycles. The Bertz CT molecular complexity index is 702. The number of hydrogen-bond acceptors (Lipinski definition) is 3. The molecule has 1 aliphatic heterocycles. The molecule has 3 atom stereocenters. The van der Waals surface area contributed by atoms with E-state index in [1.807, 2.05) is 4.90 Å². The van der Waals surface area contributed by atoms with Crippen molar-refractivity contribution >= 4 is 17.5 Å². The normalized spacial score (nSPS) is 27.7. The summed E-state index contributed by atoms with van der Waals surface area (Å²) in [5.41, 5.74) is 0.472. The van der Waals surface area contributed by atoms with Crippen LogP contribution in [0.3, 0.4) is 0 Å². The van der Waals surface area contributed by atoms with Gasteiger partial charge in [-0.15, -0.1) is 0 Å². The van der Waals surface area contributed by atoms with Crippen LogP contribution in [0.1, 0.15) is 32.1 Å². The van der Waals surface area contributed by atoms with Crippen molar-refractivity contribution in [3.8, 4) is 0 Å². The van der Waals surface area contributed by atoms with Gasteiger partial charge in [-0.1, -0.05) is 12.5 Å². The zero-order valence-corrected chi connectivity index (χ0v) is 15.7. The molecule has 3 aliphatic rings. The van der Waals surface area contributed by atoms with Gasteiger partial charge in [-0.2, -0.15) is 0 Å².